The van der Waals surface area contributed by atoms with Gasteiger partial charge in [-0.2, -0.15) is 0 Å². The number of alkyl halides is 2. The van der Waals surface area contributed by atoms with Crippen molar-refractivity contribution < 1.29 is 18.3 Å². The van der Waals surface area contributed by atoms with Gasteiger partial charge in [-0.1, -0.05) is 0 Å². The lowest BCUT2D eigenvalue weighted by molar-refractivity contribution is -0.193. The number of carbonyl (C=O) groups is 1. The average Bonchev–Trinajstić information content (AvgIpc) is 1.97. The van der Waals surface area contributed by atoms with Crippen LogP contribution in [0.2, 0.25) is 0 Å². The van der Waals surface area contributed by atoms with Crippen LogP contribution in [0.4, 0.5) is 8.78 Å². The van der Waals surface area contributed by atoms with E-state index in [2.05, 4.69) is 4.74 Å². The summed E-state index contributed by atoms with van der Waals surface area (Å²) in [6.07, 6.45) is -0.966. The molecule has 0 aromatic carbocycles. The summed E-state index contributed by atoms with van der Waals surface area (Å²) in [5.41, 5.74) is 4.11. The fourth-order valence-corrected chi connectivity index (χ4v) is 1.53. The van der Waals surface area contributed by atoms with Crippen LogP contribution in [0.15, 0.2) is 0 Å². The van der Waals surface area contributed by atoms with Crippen molar-refractivity contribution in [1.29, 1.82) is 0 Å². The number of hydrogen-bond acceptors (Lipinski definition) is 3. The van der Waals surface area contributed by atoms with Gasteiger partial charge in [0.05, 0.1) is 12.5 Å². The molecule has 0 aromatic rings. The summed E-state index contributed by atoms with van der Waals surface area (Å²) in [6.45, 7) is -0.0741. The van der Waals surface area contributed by atoms with Crippen LogP contribution in [-0.2, 0) is 9.53 Å². The molecule has 1 aliphatic carbocycles. The van der Waals surface area contributed by atoms with E-state index in [0.29, 0.717) is 0 Å². The van der Waals surface area contributed by atoms with Gasteiger partial charge in [0.2, 0.25) is 0 Å². The third-order valence-corrected chi connectivity index (χ3v) is 2.20. The van der Waals surface area contributed by atoms with Crippen molar-refractivity contribution in [3.05, 3.63) is 0 Å². The summed E-state index contributed by atoms with van der Waals surface area (Å²) < 4.78 is 29.3. The van der Waals surface area contributed by atoms with Crippen LogP contribution in [-0.4, -0.2) is 25.5 Å². The van der Waals surface area contributed by atoms with Crippen LogP contribution in [0.5, 0.6) is 0 Å². The molecule has 2 N–H and O–H groups in total. The summed E-state index contributed by atoms with van der Waals surface area (Å²) in [7, 11) is 1.18. The predicted molar refractivity (Wildman–Crippen MR) is 37.7 cm³/mol. The van der Waals surface area contributed by atoms with Crippen LogP contribution in [0.25, 0.3) is 0 Å². The lowest BCUT2D eigenvalue weighted by Crippen LogP contribution is -2.55. The summed E-state index contributed by atoms with van der Waals surface area (Å²) in [4.78, 5) is 11.0. The van der Waals surface area contributed by atoms with Crippen molar-refractivity contribution in [1.82, 2.24) is 0 Å². The number of carbonyl (C=O) groups excluding carboxylic acids is 1. The highest BCUT2D eigenvalue weighted by Crippen LogP contribution is 2.51. The van der Waals surface area contributed by atoms with E-state index in [1.54, 1.807) is 0 Å². The van der Waals surface area contributed by atoms with Crippen molar-refractivity contribution in [2.24, 2.45) is 11.1 Å². The number of halogens is 2. The molecule has 3 nitrogen and oxygen atoms in total. The second-order valence-corrected chi connectivity index (χ2v) is 3.19. The maximum absolute atomic E-state index is 12.5. The zero-order chi connectivity index (χ0) is 9.41. The molecule has 12 heavy (non-hydrogen) atoms. The summed E-state index contributed by atoms with van der Waals surface area (Å²) in [6, 6.07) is 0. The molecule has 5 heteroatoms. The Morgan fingerprint density at radius 3 is 2.33 bits per heavy atom. The summed E-state index contributed by atoms with van der Waals surface area (Å²) in [5, 5.41) is 0. The standard InChI is InChI=1S/C7H11F2NO2/c1-12-5(11)6(4-10)2-7(8,9)3-6/h2-4,10H2,1H3. The summed E-state index contributed by atoms with van der Waals surface area (Å²) in [5.74, 6) is -3.37. The van der Waals surface area contributed by atoms with E-state index in [-0.39, 0.29) is 6.54 Å². The zero-order valence-electron chi connectivity index (χ0n) is 6.77. The Balaban J connectivity index is 2.65. The van der Waals surface area contributed by atoms with Gasteiger partial charge in [0.15, 0.2) is 0 Å². The normalized spacial score (nSPS) is 24.3. The van der Waals surface area contributed by atoms with Gasteiger partial charge in [-0.05, 0) is 0 Å². The largest absolute Gasteiger partial charge is 0.469 e. The van der Waals surface area contributed by atoms with Crippen molar-refractivity contribution in [3.8, 4) is 0 Å². The Bertz CT molecular complexity index is 198. The molecule has 0 saturated heterocycles. The molecule has 0 radical (unpaired) electrons. The minimum absolute atomic E-state index is 0.0741. The van der Waals surface area contributed by atoms with Crippen LogP contribution < -0.4 is 5.73 Å². The van der Waals surface area contributed by atoms with Crippen LogP contribution in [0.3, 0.4) is 0 Å². The maximum atomic E-state index is 12.5. The molecule has 0 atom stereocenters. The first kappa shape index (κ1) is 9.38. The second kappa shape index (κ2) is 2.65. The van der Waals surface area contributed by atoms with Crippen molar-refractivity contribution in [2.75, 3.05) is 13.7 Å². The van der Waals surface area contributed by atoms with Gasteiger partial charge >= 0.3 is 5.97 Å². The maximum Gasteiger partial charge on any atom is 0.313 e. The van der Waals surface area contributed by atoms with Crippen LogP contribution in [0.1, 0.15) is 12.8 Å². The predicted octanol–water partition coefficient (Wildman–Crippen LogP) is 0.534. The fourth-order valence-electron chi connectivity index (χ4n) is 1.53. The molecule has 0 heterocycles. The topological polar surface area (TPSA) is 52.3 Å². The molecule has 0 spiro atoms. The first-order valence-corrected chi connectivity index (χ1v) is 3.62. The van der Waals surface area contributed by atoms with E-state index in [1.807, 2.05) is 0 Å². The number of nitrogens with two attached hydrogens (primary N) is 1. The van der Waals surface area contributed by atoms with Crippen LogP contribution >= 0.6 is 0 Å². The molecule has 1 aliphatic rings. The van der Waals surface area contributed by atoms with Gasteiger partial charge < -0.3 is 10.5 Å². The average molecular weight is 179 g/mol. The molecular formula is C7H11F2NO2. The lowest BCUT2D eigenvalue weighted by atomic mass is 9.66. The molecule has 70 valence electrons. The van der Waals surface area contributed by atoms with Gasteiger partial charge in [-0.15, -0.1) is 0 Å². The molecule has 1 fully saturated rings. The van der Waals surface area contributed by atoms with Gasteiger partial charge in [-0.25, -0.2) is 8.78 Å². The molecule has 1 saturated carbocycles. The number of rotatable bonds is 2. The van der Waals surface area contributed by atoms with E-state index in [4.69, 9.17) is 5.73 Å². The van der Waals surface area contributed by atoms with Crippen molar-refractivity contribution >= 4 is 5.97 Å². The van der Waals surface area contributed by atoms with E-state index >= 15 is 0 Å². The van der Waals surface area contributed by atoms with E-state index in [0.717, 1.165) is 0 Å². The molecular weight excluding hydrogens is 168 g/mol. The van der Waals surface area contributed by atoms with E-state index in [9.17, 15) is 13.6 Å². The Kier molecular flexibility index (Phi) is 2.07. The van der Waals surface area contributed by atoms with Gasteiger partial charge in [0.1, 0.15) is 0 Å². The number of esters is 1. The molecule has 1 rings (SSSR count). The number of ether oxygens (including phenoxy) is 1. The Labute approximate surface area is 68.9 Å². The van der Waals surface area contributed by atoms with Crippen LogP contribution in [0, 0.1) is 5.41 Å². The Hall–Kier alpha value is -0.710. The van der Waals surface area contributed by atoms with Crippen molar-refractivity contribution in [3.63, 3.8) is 0 Å². The molecule has 0 aliphatic heterocycles. The minimum Gasteiger partial charge on any atom is -0.469 e. The highest BCUT2D eigenvalue weighted by molar-refractivity contribution is 5.78. The molecule has 0 unspecified atom stereocenters. The minimum atomic E-state index is -2.74. The molecule has 0 bridgehead atoms. The van der Waals surface area contributed by atoms with Gasteiger partial charge in [0.25, 0.3) is 5.92 Å². The fraction of sp³-hybridized carbons (Fsp3) is 0.857. The first-order chi connectivity index (χ1) is 5.46. The Morgan fingerprint density at radius 2 is 2.08 bits per heavy atom. The molecule has 0 aromatic heterocycles. The van der Waals surface area contributed by atoms with E-state index < -0.39 is 30.1 Å². The smallest absolute Gasteiger partial charge is 0.313 e. The highest BCUT2D eigenvalue weighted by atomic mass is 19.3. The number of hydrogen-bond donors (Lipinski definition) is 1. The van der Waals surface area contributed by atoms with E-state index in [1.165, 1.54) is 7.11 Å². The SMILES string of the molecule is COC(=O)C1(CN)CC(F)(F)C1. The zero-order valence-corrected chi connectivity index (χ0v) is 6.77. The first-order valence-electron chi connectivity index (χ1n) is 3.62. The second-order valence-electron chi connectivity index (χ2n) is 3.19. The highest BCUT2D eigenvalue weighted by Gasteiger charge is 2.60. The lowest BCUT2D eigenvalue weighted by Gasteiger charge is -2.43. The third kappa shape index (κ3) is 1.29. The Morgan fingerprint density at radius 1 is 1.58 bits per heavy atom. The molecule has 0 amide bonds. The summed E-state index contributed by atoms with van der Waals surface area (Å²) >= 11 is 0. The van der Waals surface area contributed by atoms with Gasteiger partial charge in [-0.3, -0.25) is 4.79 Å². The quantitative estimate of drug-likeness (QED) is 0.629. The monoisotopic (exact) mass is 179 g/mol. The van der Waals surface area contributed by atoms with Gasteiger partial charge in [0, 0.05) is 19.4 Å². The third-order valence-electron chi connectivity index (χ3n) is 2.20. The van der Waals surface area contributed by atoms with Crippen molar-refractivity contribution in [2.45, 2.75) is 18.8 Å². The number of methoxy groups -OCH3 is 1.